The van der Waals surface area contributed by atoms with Crippen molar-refractivity contribution in [3.05, 3.63) is 65.2 Å². The summed E-state index contributed by atoms with van der Waals surface area (Å²) in [5.41, 5.74) is 3.90. The predicted octanol–water partition coefficient (Wildman–Crippen LogP) is 2.99. The van der Waals surface area contributed by atoms with Crippen LogP contribution in [0.1, 0.15) is 23.1 Å². The molecular weight excluding hydrogens is 491 g/mol. The van der Waals surface area contributed by atoms with Crippen molar-refractivity contribution >= 4 is 35.8 Å². The quantitative estimate of drug-likeness (QED) is 0.348. The molecule has 0 saturated heterocycles. The molecule has 2 aromatic carbocycles. The van der Waals surface area contributed by atoms with Crippen LogP contribution in [-0.2, 0) is 24.2 Å². The maximum absolute atomic E-state index is 12.0. The highest BCUT2D eigenvalue weighted by Crippen LogP contribution is 2.21. The van der Waals surface area contributed by atoms with Gasteiger partial charge in [0.2, 0.25) is 5.91 Å². The molecule has 0 aliphatic heterocycles. The fourth-order valence-electron chi connectivity index (χ4n) is 3.39. The summed E-state index contributed by atoms with van der Waals surface area (Å²) in [4.78, 5) is 18.3. The number of aliphatic imine (C=N–C) groups is 1. The van der Waals surface area contributed by atoms with E-state index in [1.165, 1.54) is 11.1 Å². The van der Waals surface area contributed by atoms with Gasteiger partial charge in [-0.25, -0.2) is 4.99 Å². The molecule has 0 heterocycles. The number of fused-ring (bicyclic) bond motifs is 1. The first-order valence-electron chi connectivity index (χ1n) is 10.00. The van der Waals surface area contributed by atoms with E-state index in [2.05, 4.69) is 34.9 Å². The number of rotatable bonds is 6. The van der Waals surface area contributed by atoms with Gasteiger partial charge in [0.05, 0.1) is 20.2 Å². The fourth-order valence-corrected chi connectivity index (χ4v) is 3.39. The molecule has 1 amide bonds. The third-order valence-corrected chi connectivity index (χ3v) is 5.17. The second-order valence-electron chi connectivity index (χ2n) is 7.51. The summed E-state index contributed by atoms with van der Waals surface area (Å²) < 4.78 is 5.21. The van der Waals surface area contributed by atoms with Gasteiger partial charge in [-0.05, 0) is 48.1 Å². The Balaban J connectivity index is 0.00000320. The van der Waals surface area contributed by atoms with Crippen molar-refractivity contribution in [1.82, 2.24) is 15.5 Å². The van der Waals surface area contributed by atoms with Gasteiger partial charge in [0.15, 0.2) is 5.96 Å². The van der Waals surface area contributed by atoms with E-state index < -0.39 is 0 Å². The van der Waals surface area contributed by atoms with Crippen LogP contribution < -0.4 is 15.4 Å². The topological polar surface area (TPSA) is 66.0 Å². The van der Waals surface area contributed by atoms with Crippen molar-refractivity contribution in [1.29, 1.82) is 0 Å². The Hall–Kier alpha value is -2.29. The maximum Gasteiger partial charge on any atom is 0.241 e. The zero-order valence-corrected chi connectivity index (χ0v) is 20.2. The standard InChI is InChI=1S/C23H30N4O2.HI/c1-27(2)22(28)16-25-23(24-15-17-8-12-21(29-3)13-9-17)26-20-11-10-18-6-4-5-7-19(18)14-20;/h4-9,12-13,20H,10-11,14-16H2,1-3H3,(H2,24,25,26);1H. The SMILES string of the molecule is COc1ccc(CN=C(NCC(=O)N(C)C)NC2CCc3ccccc3C2)cc1.I. The van der Waals surface area contributed by atoms with Crippen LogP contribution in [0.2, 0.25) is 0 Å². The van der Waals surface area contributed by atoms with E-state index >= 15 is 0 Å². The molecule has 0 bridgehead atoms. The van der Waals surface area contributed by atoms with Gasteiger partial charge in [-0.1, -0.05) is 36.4 Å². The van der Waals surface area contributed by atoms with Crippen LogP contribution in [0, 0.1) is 0 Å². The first-order valence-corrected chi connectivity index (χ1v) is 10.00. The number of likely N-dealkylation sites (N-methyl/N-ethyl adjacent to an activating group) is 1. The van der Waals surface area contributed by atoms with Crippen molar-refractivity contribution in [3.8, 4) is 5.75 Å². The van der Waals surface area contributed by atoms with Crippen molar-refractivity contribution < 1.29 is 9.53 Å². The molecule has 30 heavy (non-hydrogen) atoms. The Morgan fingerprint density at radius 3 is 2.50 bits per heavy atom. The minimum absolute atomic E-state index is 0. The summed E-state index contributed by atoms with van der Waals surface area (Å²) >= 11 is 0. The number of hydrogen-bond donors (Lipinski definition) is 2. The molecule has 1 aliphatic rings. The molecule has 0 aromatic heterocycles. The fraction of sp³-hybridized carbons (Fsp3) is 0.391. The zero-order chi connectivity index (χ0) is 20.6. The lowest BCUT2D eigenvalue weighted by Crippen LogP contribution is -2.48. The van der Waals surface area contributed by atoms with Gasteiger partial charge < -0.3 is 20.3 Å². The van der Waals surface area contributed by atoms with E-state index in [0.29, 0.717) is 18.5 Å². The third kappa shape index (κ3) is 6.90. The van der Waals surface area contributed by atoms with Crippen LogP contribution in [0.15, 0.2) is 53.5 Å². The highest BCUT2D eigenvalue weighted by atomic mass is 127. The van der Waals surface area contributed by atoms with Gasteiger partial charge in [0, 0.05) is 20.1 Å². The third-order valence-electron chi connectivity index (χ3n) is 5.17. The lowest BCUT2D eigenvalue weighted by Gasteiger charge is -2.27. The molecule has 0 fully saturated rings. The molecule has 1 atom stereocenters. The first-order chi connectivity index (χ1) is 14.0. The lowest BCUT2D eigenvalue weighted by atomic mass is 9.88. The number of aryl methyl sites for hydroxylation is 1. The molecular formula is C23H31IN4O2. The van der Waals surface area contributed by atoms with Crippen LogP contribution >= 0.6 is 24.0 Å². The molecule has 1 aliphatic carbocycles. The monoisotopic (exact) mass is 522 g/mol. The Labute approximate surface area is 196 Å². The first kappa shape index (κ1) is 24.0. The largest absolute Gasteiger partial charge is 0.497 e. The summed E-state index contributed by atoms with van der Waals surface area (Å²) in [5.74, 6) is 1.50. The molecule has 0 saturated carbocycles. The second kappa shape index (κ2) is 11.8. The van der Waals surface area contributed by atoms with Crippen LogP contribution in [0.4, 0.5) is 0 Å². The van der Waals surface area contributed by atoms with Crippen molar-refractivity contribution in [2.45, 2.75) is 31.8 Å². The molecule has 2 N–H and O–H groups in total. The Morgan fingerprint density at radius 2 is 1.83 bits per heavy atom. The summed E-state index contributed by atoms with van der Waals surface area (Å²) in [5, 5.41) is 6.72. The zero-order valence-electron chi connectivity index (χ0n) is 17.9. The van der Waals surface area contributed by atoms with Gasteiger partial charge in [0.25, 0.3) is 0 Å². The predicted molar refractivity (Wildman–Crippen MR) is 132 cm³/mol. The van der Waals surface area contributed by atoms with E-state index in [1.54, 1.807) is 26.1 Å². The van der Waals surface area contributed by atoms with E-state index in [0.717, 1.165) is 30.6 Å². The summed E-state index contributed by atoms with van der Waals surface area (Å²) in [6, 6.07) is 16.7. The van der Waals surface area contributed by atoms with E-state index in [4.69, 9.17) is 9.73 Å². The Bertz CT molecular complexity index is 853. The molecule has 0 radical (unpaired) electrons. The smallest absolute Gasteiger partial charge is 0.241 e. The molecule has 162 valence electrons. The average molecular weight is 522 g/mol. The number of carbonyl (C=O) groups is 1. The van der Waals surface area contributed by atoms with Crippen LogP contribution in [0.3, 0.4) is 0 Å². The van der Waals surface area contributed by atoms with Crippen LogP contribution in [0.5, 0.6) is 5.75 Å². The molecule has 1 unspecified atom stereocenters. The van der Waals surface area contributed by atoms with Gasteiger partial charge in [-0.2, -0.15) is 0 Å². The number of ether oxygens (including phenoxy) is 1. The van der Waals surface area contributed by atoms with Gasteiger partial charge in [0.1, 0.15) is 5.75 Å². The number of nitrogens with one attached hydrogen (secondary N) is 2. The Morgan fingerprint density at radius 1 is 1.13 bits per heavy atom. The van der Waals surface area contributed by atoms with E-state index in [9.17, 15) is 4.79 Å². The highest BCUT2D eigenvalue weighted by molar-refractivity contribution is 14.0. The number of benzene rings is 2. The summed E-state index contributed by atoms with van der Waals surface area (Å²) in [6.07, 6.45) is 3.05. The van der Waals surface area contributed by atoms with Crippen molar-refractivity contribution in [3.63, 3.8) is 0 Å². The number of guanidine groups is 1. The number of nitrogens with zero attached hydrogens (tertiary/aromatic N) is 2. The number of halogens is 1. The molecule has 7 heteroatoms. The number of hydrogen-bond acceptors (Lipinski definition) is 3. The van der Waals surface area contributed by atoms with E-state index in [-0.39, 0.29) is 36.4 Å². The second-order valence-corrected chi connectivity index (χ2v) is 7.51. The van der Waals surface area contributed by atoms with Gasteiger partial charge in [-0.15, -0.1) is 24.0 Å². The average Bonchev–Trinajstić information content (AvgIpc) is 2.75. The summed E-state index contributed by atoms with van der Waals surface area (Å²) in [7, 11) is 5.16. The van der Waals surface area contributed by atoms with Crippen LogP contribution in [-0.4, -0.2) is 50.6 Å². The Kier molecular flexibility index (Phi) is 9.42. The molecule has 3 rings (SSSR count). The van der Waals surface area contributed by atoms with Gasteiger partial charge in [-0.3, -0.25) is 4.79 Å². The van der Waals surface area contributed by atoms with E-state index in [1.807, 2.05) is 24.3 Å². The molecule has 6 nitrogen and oxygen atoms in total. The minimum atomic E-state index is 0. The van der Waals surface area contributed by atoms with Crippen molar-refractivity contribution in [2.24, 2.45) is 4.99 Å². The number of methoxy groups -OCH3 is 1. The highest BCUT2D eigenvalue weighted by Gasteiger charge is 2.19. The summed E-state index contributed by atoms with van der Waals surface area (Å²) in [6.45, 7) is 0.740. The lowest BCUT2D eigenvalue weighted by molar-refractivity contribution is -0.127. The number of carbonyl (C=O) groups excluding carboxylic acids is 1. The normalized spacial score (nSPS) is 15.4. The van der Waals surface area contributed by atoms with Crippen LogP contribution in [0.25, 0.3) is 0 Å². The molecule has 2 aromatic rings. The maximum atomic E-state index is 12.0. The number of amides is 1. The minimum Gasteiger partial charge on any atom is -0.497 e. The van der Waals surface area contributed by atoms with Gasteiger partial charge >= 0.3 is 0 Å². The van der Waals surface area contributed by atoms with Crippen molar-refractivity contribution in [2.75, 3.05) is 27.7 Å². The molecule has 0 spiro atoms.